The summed E-state index contributed by atoms with van der Waals surface area (Å²) in [7, 11) is 0. The van der Waals surface area contributed by atoms with Crippen LogP contribution in [0.3, 0.4) is 0 Å². The molecular weight excluding hydrogens is 229 g/mol. The Morgan fingerprint density at radius 3 is 2.50 bits per heavy atom. The lowest BCUT2D eigenvalue weighted by Gasteiger charge is -2.08. The van der Waals surface area contributed by atoms with Gasteiger partial charge < -0.3 is 5.32 Å². The smallest absolute Gasteiger partial charge is 0.123 e. The Labute approximate surface area is 103 Å². The van der Waals surface area contributed by atoms with Crippen LogP contribution in [0, 0.1) is 5.82 Å². The van der Waals surface area contributed by atoms with Crippen molar-refractivity contribution in [3.8, 4) is 0 Å². The number of nitrogens with zero attached hydrogens (tertiary/aromatic N) is 2. The second-order valence-electron chi connectivity index (χ2n) is 3.86. The number of nitrogens with one attached hydrogen (secondary N) is 1. The number of anilines is 2. The molecule has 2 aromatic carbocycles. The summed E-state index contributed by atoms with van der Waals surface area (Å²) in [5, 5.41) is 3.20. The average Bonchev–Trinajstić information content (AvgIpc) is 2.42. The van der Waals surface area contributed by atoms with Crippen LogP contribution in [-0.4, -0.2) is 9.97 Å². The first-order chi connectivity index (χ1) is 8.83. The number of para-hydroxylation sites is 1. The minimum Gasteiger partial charge on any atom is -0.354 e. The molecular formula is C14H10FN3. The molecule has 0 spiro atoms. The van der Waals surface area contributed by atoms with Gasteiger partial charge in [0.25, 0.3) is 0 Å². The van der Waals surface area contributed by atoms with Crippen LogP contribution in [0.2, 0.25) is 0 Å². The Morgan fingerprint density at radius 1 is 0.889 bits per heavy atom. The van der Waals surface area contributed by atoms with E-state index in [1.54, 1.807) is 24.5 Å². The van der Waals surface area contributed by atoms with Gasteiger partial charge in [0, 0.05) is 18.1 Å². The van der Waals surface area contributed by atoms with E-state index >= 15 is 0 Å². The normalized spacial score (nSPS) is 10.5. The fourth-order valence-corrected chi connectivity index (χ4v) is 1.78. The molecule has 3 aromatic rings. The standard InChI is InChI=1S/C14H10FN3/c15-10-4-6-11(7-5-10)18-13-3-1-2-12-14(13)17-9-8-16-12/h1-9,18H. The summed E-state index contributed by atoms with van der Waals surface area (Å²) < 4.78 is 12.8. The summed E-state index contributed by atoms with van der Waals surface area (Å²) in [6.07, 6.45) is 3.31. The molecule has 0 fully saturated rings. The van der Waals surface area contributed by atoms with Crippen LogP contribution in [0.4, 0.5) is 15.8 Å². The topological polar surface area (TPSA) is 37.8 Å². The van der Waals surface area contributed by atoms with Gasteiger partial charge in [-0.1, -0.05) is 6.07 Å². The third kappa shape index (κ3) is 2.00. The van der Waals surface area contributed by atoms with Crippen molar-refractivity contribution < 1.29 is 4.39 Å². The summed E-state index contributed by atoms with van der Waals surface area (Å²) in [6.45, 7) is 0. The molecule has 0 aliphatic carbocycles. The molecule has 0 atom stereocenters. The van der Waals surface area contributed by atoms with Crippen LogP contribution in [0.1, 0.15) is 0 Å². The first-order valence-electron chi connectivity index (χ1n) is 5.55. The molecule has 18 heavy (non-hydrogen) atoms. The van der Waals surface area contributed by atoms with Crippen molar-refractivity contribution in [1.82, 2.24) is 9.97 Å². The maximum Gasteiger partial charge on any atom is 0.123 e. The number of aromatic nitrogens is 2. The monoisotopic (exact) mass is 239 g/mol. The predicted molar refractivity (Wildman–Crippen MR) is 69.2 cm³/mol. The largest absolute Gasteiger partial charge is 0.354 e. The predicted octanol–water partition coefficient (Wildman–Crippen LogP) is 3.51. The third-order valence-corrected chi connectivity index (χ3v) is 2.62. The second-order valence-corrected chi connectivity index (χ2v) is 3.86. The highest BCUT2D eigenvalue weighted by Gasteiger charge is 2.02. The number of fused-ring (bicyclic) bond motifs is 1. The molecule has 1 N–H and O–H groups in total. The average molecular weight is 239 g/mol. The van der Waals surface area contributed by atoms with Crippen LogP contribution >= 0.6 is 0 Å². The molecule has 0 aliphatic heterocycles. The van der Waals surface area contributed by atoms with Crippen molar-refractivity contribution in [3.63, 3.8) is 0 Å². The van der Waals surface area contributed by atoms with E-state index in [1.165, 1.54) is 12.1 Å². The summed E-state index contributed by atoms with van der Waals surface area (Å²) in [6, 6.07) is 11.9. The van der Waals surface area contributed by atoms with E-state index in [0.717, 1.165) is 22.4 Å². The number of halogens is 1. The molecule has 0 amide bonds. The van der Waals surface area contributed by atoms with Gasteiger partial charge in [-0.15, -0.1) is 0 Å². The quantitative estimate of drug-likeness (QED) is 0.743. The Balaban J connectivity index is 2.02. The number of rotatable bonds is 2. The van der Waals surface area contributed by atoms with Crippen LogP contribution in [0.5, 0.6) is 0 Å². The fraction of sp³-hybridized carbons (Fsp3) is 0. The molecule has 0 aliphatic rings. The first-order valence-corrected chi connectivity index (χ1v) is 5.55. The van der Waals surface area contributed by atoms with Gasteiger partial charge in [0.1, 0.15) is 11.3 Å². The number of hydrogen-bond acceptors (Lipinski definition) is 3. The summed E-state index contributed by atoms with van der Waals surface area (Å²) >= 11 is 0. The Morgan fingerprint density at radius 2 is 1.67 bits per heavy atom. The number of hydrogen-bond donors (Lipinski definition) is 1. The highest BCUT2D eigenvalue weighted by Crippen LogP contribution is 2.23. The van der Waals surface area contributed by atoms with Gasteiger partial charge in [-0.3, -0.25) is 9.97 Å². The lowest BCUT2D eigenvalue weighted by Crippen LogP contribution is -1.93. The fourth-order valence-electron chi connectivity index (χ4n) is 1.78. The Bertz CT molecular complexity index is 675. The van der Waals surface area contributed by atoms with Gasteiger partial charge >= 0.3 is 0 Å². The molecule has 3 rings (SSSR count). The van der Waals surface area contributed by atoms with Crippen LogP contribution in [0.25, 0.3) is 11.0 Å². The summed E-state index contributed by atoms with van der Waals surface area (Å²) in [5.41, 5.74) is 3.29. The summed E-state index contributed by atoms with van der Waals surface area (Å²) in [5.74, 6) is -0.252. The second kappa shape index (κ2) is 4.41. The Kier molecular flexibility index (Phi) is 2.61. The molecule has 0 unspecified atom stereocenters. The molecule has 0 bridgehead atoms. The van der Waals surface area contributed by atoms with Gasteiger partial charge in [0.2, 0.25) is 0 Å². The van der Waals surface area contributed by atoms with Crippen LogP contribution in [0.15, 0.2) is 54.9 Å². The zero-order valence-electron chi connectivity index (χ0n) is 9.47. The van der Waals surface area contributed by atoms with Gasteiger partial charge in [0.05, 0.1) is 11.2 Å². The first kappa shape index (κ1) is 10.7. The van der Waals surface area contributed by atoms with E-state index in [2.05, 4.69) is 15.3 Å². The van der Waals surface area contributed by atoms with Gasteiger partial charge in [-0.2, -0.15) is 0 Å². The van der Waals surface area contributed by atoms with E-state index in [4.69, 9.17) is 0 Å². The molecule has 0 saturated heterocycles. The van der Waals surface area contributed by atoms with Crippen molar-refractivity contribution >= 4 is 22.4 Å². The van der Waals surface area contributed by atoms with Gasteiger partial charge in [0.15, 0.2) is 0 Å². The molecule has 3 nitrogen and oxygen atoms in total. The maximum absolute atomic E-state index is 12.8. The zero-order valence-corrected chi connectivity index (χ0v) is 9.47. The molecule has 1 heterocycles. The van der Waals surface area contributed by atoms with Crippen molar-refractivity contribution in [2.75, 3.05) is 5.32 Å². The van der Waals surface area contributed by atoms with Crippen LogP contribution in [-0.2, 0) is 0 Å². The zero-order chi connectivity index (χ0) is 12.4. The van der Waals surface area contributed by atoms with E-state index in [1.807, 2.05) is 18.2 Å². The van der Waals surface area contributed by atoms with Gasteiger partial charge in [-0.05, 0) is 36.4 Å². The van der Waals surface area contributed by atoms with Crippen molar-refractivity contribution in [2.24, 2.45) is 0 Å². The lowest BCUT2D eigenvalue weighted by atomic mass is 10.2. The number of benzene rings is 2. The lowest BCUT2D eigenvalue weighted by molar-refractivity contribution is 0.628. The van der Waals surface area contributed by atoms with Crippen molar-refractivity contribution in [2.45, 2.75) is 0 Å². The molecule has 0 saturated carbocycles. The highest BCUT2D eigenvalue weighted by molar-refractivity contribution is 5.89. The highest BCUT2D eigenvalue weighted by atomic mass is 19.1. The molecule has 4 heteroatoms. The Hall–Kier alpha value is -2.49. The molecule has 0 radical (unpaired) electrons. The van der Waals surface area contributed by atoms with E-state index in [9.17, 15) is 4.39 Å². The third-order valence-electron chi connectivity index (χ3n) is 2.62. The van der Waals surface area contributed by atoms with Crippen molar-refractivity contribution in [1.29, 1.82) is 0 Å². The van der Waals surface area contributed by atoms with E-state index in [0.29, 0.717) is 0 Å². The van der Waals surface area contributed by atoms with Gasteiger partial charge in [-0.25, -0.2) is 4.39 Å². The maximum atomic E-state index is 12.8. The van der Waals surface area contributed by atoms with Crippen LogP contribution < -0.4 is 5.32 Å². The van der Waals surface area contributed by atoms with E-state index < -0.39 is 0 Å². The van der Waals surface area contributed by atoms with Crippen molar-refractivity contribution in [3.05, 3.63) is 60.7 Å². The molecule has 1 aromatic heterocycles. The molecule has 88 valence electrons. The van der Waals surface area contributed by atoms with E-state index in [-0.39, 0.29) is 5.82 Å². The minimum absolute atomic E-state index is 0.252. The SMILES string of the molecule is Fc1ccc(Nc2cccc3nccnc23)cc1. The summed E-state index contributed by atoms with van der Waals surface area (Å²) in [4.78, 5) is 8.53. The minimum atomic E-state index is -0.252.